The van der Waals surface area contributed by atoms with Gasteiger partial charge in [-0.05, 0) is 36.4 Å². The highest BCUT2D eigenvalue weighted by Gasteiger charge is 2.18. The van der Waals surface area contributed by atoms with Gasteiger partial charge in [0, 0.05) is 22.5 Å². The summed E-state index contributed by atoms with van der Waals surface area (Å²) in [6, 6.07) is 9.67. The number of hydrogen-bond acceptors (Lipinski definition) is 6. The van der Waals surface area contributed by atoms with Gasteiger partial charge in [0.25, 0.3) is 0 Å². The molecular weight excluding hydrogens is 411 g/mol. The molecule has 0 aliphatic heterocycles. The van der Waals surface area contributed by atoms with Crippen LogP contribution in [0.3, 0.4) is 0 Å². The lowest BCUT2D eigenvalue weighted by Crippen LogP contribution is -2.16. The van der Waals surface area contributed by atoms with E-state index in [0.717, 1.165) is 15.5 Å². The van der Waals surface area contributed by atoms with Gasteiger partial charge in [-0.15, -0.1) is 22.7 Å². The van der Waals surface area contributed by atoms with Crippen LogP contribution in [0.25, 0.3) is 27.0 Å². The van der Waals surface area contributed by atoms with Crippen molar-refractivity contribution in [3.8, 4) is 22.0 Å². The lowest BCUT2D eigenvalue weighted by Gasteiger charge is -2.06. The van der Waals surface area contributed by atoms with Gasteiger partial charge in [0.05, 0.1) is 18.4 Å². The zero-order valence-corrected chi connectivity index (χ0v) is 16.5. The third-order valence-corrected chi connectivity index (χ3v) is 5.93. The minimum absolute atomic E-state index is 0.122. The van der Waals surface area contributed by atoms with E-state index in [2.05, 4.69) is 15.3 Å². The van der Waals surface area contributed by atoms with Gasteiger partial charge >= 0.3 is 0 Å². The average Bonchev–Trinajstić information content (AvgIpc) is 3.48. The monoisotopic (exact) mass is 424 g/mol. The first-order valence-electron chi connectivity index (χ1n) is 8.67. The number of fused-ring (bicyclic) bond motifs is 1. The topological polar surface area (TPSA) is 72.4 Å². The summed E-state index contributed by atoms with van der Waals surface area (Å²) in [5.74, 6) is 0.698. The number of carbonyl (C=O) groups excluding carboxylic acids is 1. The molecular formula is C20H13FN4O2S2. The Labute approximate surface area is 172 Å². The fourth-order valence-electron chi connectivity index (χ4n) is 2.96. The molecule has 0 aliphatic rings. The van der Waals surface area contributed by atoms with E-state index in [9.17, 15) is 9.18 Å². The van der Waals surface area contributed by atoms with Gasteiger partial charge in [0.15, 0.2) is 15.7 Å². The number of aromatic nitrogens is 3. The zero-order chi connectivity index (χ0) is 19.8. The molecule has 6 nitrogen and oxygen atoms in total. The molecule has 144 valence electrons. The Hall–Kier alpha value is -3.30. The van der Waals surface area contributed by atoms with Gasteiger partial charge in [0.1, 0.15) is 17.3 Å². The summed E-state index contributed by atoms with van der Waals surface area (Å²) in [5.41, 5.74) is 1.99. The third kappa shape index (κ3) is 3.45. The summed E-state index contributed by atoms with van der Waals surface area (Å²) in [6.07, 6.45) is 3.55. The number of rotatable bonds is 5. The van der Waals surface area contributed by atoms with Gasteiger partial charge < -0.3 is 9.73 Å². The molecule has 5 rings (SSSR count). The van der Waals surface area contributed by atoms with Crippen molar-refractivity contribution in [3.63, 3.8) is 0 Å². The van der Waals surface area contributed by atoms with Crippen LogP contribution in [-0.2, 0) is 11.2 Å². The predicted octanol–water partition coefficient (Wildman–Crippen LogP) is 5.10. The lowest BCUT2D eigenvalue weighted by atomic mass is 10.1. The maximum Gasteiger partial charge on any atom is 0.231 e. The Balaban J connectivity index is 1.41. The van der Waals surface area contributed by atoms with Crippen LogP contribution in [-0.4, -0.2) is 20.3 Å². The van der Waals surface area contributed by atoms with Crippen LogP contribution in [0.2, 0.25) is 0 Å². The number of furan rings is 1. The van der Waals surface area contributed by atoms with Crippen molar-refractivity contribution in [2.24, 2.45) is 0 Å². The maximum absolute atomic E-state index is 13.3. The summed E-state index contributed by atoms with van der Waals surface area (Å²) in [6.45, 7) is 0. The standard InChI is InChI=1S/C20H13FN4O2S2/c21-13-5-3-12(4-6-13)17-18(25-7-9-28-20(25)24-17)23-16(26)10-14-11-29-19(22-14)15-2-1-8-27-15/h1-9,11H,10H2,(H,23,26). The quantitative estimate of drug-likeness (QED) is 0.426. The molecule has 0 unspecified atom stereocenters. The average molecular weight is 424 g/mol. The summed E-state index contributed by atoms with van der Waals surface area (Å²) in [5, 5.41) is 7.41. The molecule has 4 aromatic heterocycles. The third-order valence-electron chi connectivity index (χ3n) is 4.26. The van der Waals surface area contributed by atoms with Gasteiger partial charge in [-0.3, -0.25) is 9.20 Å². The number of carbonyl (C=O) groups is 1. The molecule has 0 bridgehead atoms. The number of anilines is 1. The molecule has 0 aliphatic carbocycles. The minimum Gasteiger partial charge on any atom is -0.462 e. The van der Waals surface area contributed by atoms with E-state index in [1.165, 1.54) is 34.8 Å². The molecule has 4 heterocycles. The first kappa shape index (κ1) is 17.8. The smallest absolute Gasteiger partial charge is 0.231 e. The number of nitrogens with one attached hydrogen (secondary N) is 1. The van der Waals surface area contributed by atoms with E-state index in [1.807, 2.05) is 27.4 Å². The van der Waals surface area contributed by atoms with Crippen molar-refractivity contribution in [2.75, 3.05) is 5.32 Å². The van der Waals surface area contributed by atoms with E-state index in [0.29, 0.717) is 23.0 Å². The van der Waals surface area contributed by atoms with E-state index in [1.54, 1.807) is 24.5 Å². The second-order valence-corrected chi connectivity index (χ2v) is 7.95. The second-order valence-electron chi connectivity index (χ2n) is 6.22. The van der Waals surface area contributed by atoms with Crippen molar-refractivity contribution in [2.45, 2.75) is 6.42 Å². The molecule has 0 saturated heterocycles. The van der Waals surface area contributed by atoms with Gasteiger partial charge in [-0.1, -0.05) is 0 Å². The molecule has 1 amide bonds. The number of benzene rings is 1. The molecule has 0 fully saturated rings. The normalized spacial score (nSPS) is 11.2. The number of nitrogens with zero attached hydrogens (tertiary/aromatic N) is 3. The van der Waals surface area contributed by atoms with Crippen molar-refractivity contribution in [1.29, 1.82) is 0 Å². The molecule has 0 radical (unpaired) electrons. The van der Waals surface area contributed by atoms with Crippen LogP contribution < -0.4 is 5.32 Å². The second kappa shape index (κ2) is 7.26. The summed E-state index contributed by atoms with van der Waals surface area (Å²) < 4.78 is 20.5. The van der Waals surface area contributed by atoms with E-state index in [4.69, 9.17) is 4.42 Å². The van der Waals surface area contributed by atoms with Crippen LogP contribution in [0.1, 0.15) is 5.69 Å². The van der Waals surface area contributed by atoms with Crippen LogP contribution in [0, 0.1) is 5.82 Å². The Morgan fingerprint density at radius 3 is 2.83 bits per heavy atom. The summed E-state index contributed by atoms with van der Waals surface area (Å²) in [4.78, 5) is 22.5. The van der Waals surface area contributed by atoms with E-state index in [-0.39, 0.29) is 18.1 Å². The highest BCUT2D eigenvalue weighted by molar-refractivity contribution is 7.15. The largest absolute Gasteiger partial charge is 0.462 e. The zero-order valence-electron chi connectivity index (χ0n) is 14.8. The summed E-state index contributed by atoms with van der Waals surface area (Å²) in [7, 11) is 0. The van der Waals surface area contributed by atoms with Crippen molar-refractivity contribution >= 4 is 39.4 Å². The van der Waals surface area contributed by atoms with Gasteiger partial charge in [-0.2, -0.15) is 0 Å². The molecule has 1 N–H and O–H groups in total. The molecule has 0 atom stereocenters. The predicted molar refractivity (Wildman–Crippen MR) is 111 cm³/mol. The number of thiazole rings is 2. The Kier molecular flexibility index (Phi) is 4.45. The molecule has 0 spiro atoms. The van der Waals surface area contributed by atoms with Gasteiger partial charge in [0.2, 0.25) is 5.91 Å². The highest BCUT2D eigenvalue weighted by Crippen LogP contribution is 2.31. The highest BCUT2D eigenvalue weighted by atomic mass is 32.1. The molecule has 5 aromatic rings. The van der Waals surface area contributed by atoms with E-state index >= 15 is 0 Å². The van der Waals surface area contributed by atoms with Crippen LogP contribution in [0.4, 0.5) is 10.2 Å². The molecule has 9 heteroatoms. The van der Waals surface area contributed by atoms with E-state index < -0.39 is 0 Å². The fourth-order valence-corrected chi connectivity index (χ4v) is 4.46. The van der Waals surface area contributed by atoms with Gasteiger partial charge in [-0.25, -0.2) is 14.4 Å². The number of halogens is 1. The Morgan fingerprint density at radius 2 is 2.03 bits per heavy atom. The number of amides is 1. The van der Waals surface area contributed by atoms with Crippen LogP contribution in [0.5, 0.6) is 0 Å². The maximum atomic E-state index is 13.3. The van der Waals surface area contributed by atoms with Crippen molar-refractivity contribution < 1.29 is 13.6 Å². The van der Waals surface area contributed by atoms with Crippen LogP contribution in [0.15, 0.2) is 64.0 Å². The summed E-state index contributed by atoms with van der Waals surface area (Å²) >= 11 is 2.88. The Bertz CT molecular complexity index is 1290. The van der Waals surface area contributed by atoms with Crippen molar-refractivity contribution in [1.82, 2.24) is 14.4 Å². The van der Waals surface area contributed by atoms with Crippen LogP contribution >= 0.6 is 22.7 Å². The van der Waals surface area contributed by atoms with Crippen molar-refractivity contribution in [3.05, 3.63) is 71.1 Å². The first-order valence-corrected chi connectivity index (χ1v) is 10.4. The number of imidazole rings is 1. The first-order chi connectivity index (χ1) is 14.2. The molecule has 29 heavy (non-hydrogen) atoms. The minimum atomic E-state index is -0.323. The fraction of sp³-hybridized carbons (Fsp3) is 0.0500. The molecule has 0 saturated carbocycles. The SMILES string of the molecule is O=C(Cc1csc(-c2ccco2)n1)Nc1c(-c2ccc(F)cc2)nc2sccn12. The molecule has 1 aromatic carbocycles. The number of hydrogen-bond donors (Lipinski definition) is 1. The lowest BCUT2D eigenvalue weighted by molar-refractivity contribution is -0.115. The Morgan fingerprint density at radius 1 is 1.17 bits per heavy atom.